The van der Waals surface area contributed by atoms with Gasteiger partial charge >= 0.3 is 5.97 Å². The first kappa shape index (κ1) is 16.2. The topological polar surface area (TPSA) is 66.8 Å². The van der Waals surface area contributed by atoms with Gasteiger partial charge in [-0.3, -0.25) is 14.5 Å². The fraction of sp³-hybridized carbons (Fsp3) is 0.467. The Morgan fingerprint density at radius 1 is 1.30 bits per heavy atom. The number of aliphatic carboxylic acids is 1. The van der Waals surface area contributed by atoms with Gasteiger partial charge in [0.25, 0.3) is 5.91 Å². The number of carbonyl (C=O) groups is 2. The summed E-state index contributed by atoms with van der Waals surface area (Å²) in [5, 5.41) is 9.03. The fourth-order valence-corrected chi connectivity index (χ4v) is 1.81. The molecule has 0 aliphatic carbocycles. The van der Waals surface area contributed by atoms with Crippen LogP contribution in [0.1, 0.15) is 25.8 Å². The molecule has 0 bridgehead atoms. The van der Waals surface area contributed by atoms with Gasteiger partial charge in [-0.2, -0.15) is 0 Å². The molecule has 0 heterocycles. The molecule has 1 aromatic carbocycles. The zero-order chi connectivity index (χ0) is 15.3. The van der Waals surface area contributed by atoms with Crippen LogP contribution >= 0.6 is 0 Å². The normalized spacial score (nSPS) is 13.6. The number of aryl methyl sites for hydroxylation is 1. The van der Waals surface area contributed by atoms with E-state index in [1.165, 1.54) is 12.0 Å². The van der Waals surface area contributed by atoms with Gasteiger partial charge in [0.05, 0.1) is 0 Å². The van der Waals surface area contributed by atoms with Gasteiger partial charge in [-0.25, -0.2) is 0 Å². The second kappa shape index (κ2) is 6.52. The summed E-state index contributed by atoms with van der Waals surface area (Å²) in [6, 6.07) is 7.16. The quantitative estimate of drug-likeness (QED) is 0.867. The molecule has 1 atom stereocenters. The van der Waals surface area contributed by atoms with Crippen LogP contribution in [-0.4, -0.2) is 36.2 Å². The molecule has 5 nitrogen and oxygen atoms in total. The molecule has 0 spiro atoms. The van der Waals surface area contributed by atoms with Gasteiger partial charge in [0, 0.05) is 12.8 Å². The Labute approximate surface area is 119 Å². The zero-order valence-corrected chi connectivity index (χ0v) is 12.3. The number of ether oxygens (including phenoxy) is 1. The van der Waals surface area contributed by atoms with Crippen molar-refractivity contribution >= 4 is 17.6 Å². The van der Waals surface area contributed by atoms with Gasteiger partial charge in [0.1, 0.15) is 12.1 Å². The Bertz CT molecular complexity index is 477. The number of amides is 1. The van der Waals surface area contributed by atoms with Crippen LogP contribution < -0.4 is 4.90 Å². The van der Waals surface area contributed by atoms with Crippen LogP contribution in [0.4, 0.5) is 5.69 Å². The minimum Gasteiger partial charge on any atom is -0.480 e. The number of rotatable bonds is 6. The third kappa shape index (κ3) is 3.57. The molecule has 1 N–H and O–H groups in total. The molecule has 1 aromatic rings. The second-order valence-electron chi connectivity index (χ2n) is 4.91. The average Bonchev–Trinajstić information content (AvgIpc) is 2.44. The summed E-state index contributed by atoms with van der Waals surface area (Å²) in [4.78, 5) is 24.9. The van der Waals surface area contributed by atoms with E-state index in [1.807, 2.05) is 26.0 Å². The Kier molecular flexibility index (Phi) is 5.27. The number of carboxylic acid groups (broad SMARTS) is 1. The first-order chi connectivity index (χ1) is 9.34. The van der Waals surface area contributed by atoms with E-state index in [9.17, 15) is 9.59 Å². The van der Waals surface area contributed by atoms with Crippen LogP contribution in [0.25, 0.3) is 0 Å². The van der Waals surface area contributed by atoms with E-state index in [-0.39, 0.29) is 12.5 Å². The number of anilines is 1. The monoisotopic (exact) mass is 279 g/mol. The Hall–Kier alpha value is -1.88. The van der Waals surface area contributed by atoms with E-state index in [1.54, 1.807) is 19.1 Å². The van der Waals surface area contributed by atoms with Crippen LogP contribution in [-0.2, 0) is 14.3 Å². The predicted octanol–water partition coefficient (Wildman–Crippen LogP) is 2.23. The fourth-order valence-electron chi connectivity index (χ4n) is 1.81. The molecule has 1 unspecified atom stereocenters. The van der Waals surface area contributed by atoms with Gasteiger partial charge in [-0.1, -0.05) is 24.6 Å². The number of nitrogens with zero attached hydrogens (tertiary/aromatic N) is 1. The van der Waals surface area contributed by atoms with Crippen molar-refractivity contribution in [1.82, 2.24) is 0 Å². The summed E-state index contributed by atoms with van der Waals surface area (Å²) < 4.78 is 5.27. The maximum Gasteiger partial charge on any atom is 0.323 e. The van der Waals surface area contributed by atoms with Crippen molar-refractivity contribution in [1.29, 1.82) is 0 Å². The smallest absolute Gasteiger partial charge is 0.323 e. The minimum atomic E-state index is -1.06. The molecule has 0 saturated heterocycles. The van der Waals surface area contributed by atoms with E-state index in [2.05, 4.69) is 0 Å². The number of benzene rings is 1. The van der Waals surface area contributed by atoms with E-state index in [0.717, 1.165) is 5.56 Å². The predicted molar refractivity (Wildman–Crippen MR) is 76.9 cm³/mol. The van der Waals surface area contributed by atoms with Crippen molar-refractivity contribution in [2.75, 3.05) is 18.6 Å². The van der Waals surface area contributed by atoms with Crippen LogP contribution in [0, 0.1) is 6.92 Å². The lowest BCUT2D eigenvalue weighted by Crippen LogP contribution is -2.50. The third-order valence-electron chi connectivity index (χ3n) is 3.46. The van der Waals surface area contributed by atoms with Crippen molar-refractivity contribution in [2.24, 2.45) is 0 Å². The molecule has 1 rings (SSSR count). The van der Waals surface area contributed by atoms with Crippen molar-refractivity contribution in [2.45, 2.75) is 32.8 Å². The van der Waals surface area contributed by atoms with Gasteiger partial charge in [-0.15, -0.1) is 0 Å². The lowest BCUT2D eigenvalue weighted by atomic mass is 10.0. The van der Waals surface area contributed by atoms with Crippen LogP contribution in [0.5, 0.6) is 0 Å². The standard InChI is InChI=1S/C15H21NO4/c1-5-15(3,20-4)14(19)16(10-13(17)18)12-8-6-11(2)7-9-12/h6-9H,5,10H2,1-4H3,(H,17,18). The average molecular weight is 279 g/mol. The number of carboxylic acids is 1. The number of hydrogen-bond acceptors (Lipinski definition) is 3. The van der Waals surface area contributed by atoms with Crippen molar-refractivity contribution in [3.63, 3.8) is 0 Å². The Balaban J connectivity index is 3.15. The molecular weight excluding hydrogens is 258 g/mol. The molecule has 0 aliphatic heterocycles. The van der Waals surface area contributed by atoms with E-state index >= 15 is 0 Å². The summed E-state index contributed by atoms with van der Waals surface area (Å²) in [5.74, 6) is -1.41. The summed E-state index contributed by atoms with van der Waals surface area (Å²) in [6.07, 6.45) is 0.463. The number of hydrogen-bond donors (Lipinski definition) is 1. The summed E-state index contributed by atoms with van der Waals surface area (Å²) in [5.41, 5.74) is 0.571. The lowest BCUT2D eigenvalue weighted by Gasteiger charge is -2.32. The number of methoxy groups -OCH3 is 1. The first-order valence-corrected chi connectivity index (χ1v) is 6.49. The van der Waals surface area contributed by atoms with Gasteiger partial charge in [-0.05, 0) is 32.4 Å². The maximum absolute atomic E-state index is 12.6. The molecule has 0 radical (unpaired) electrons. The zero-order valence-electron chi connectivity index (χ0n) is 12.3. The largest absolute Gasteiger partial charge is 0.480 e. The number of carbonyl (C=O) groups excluding carboxylic acids is 1. The minimum absolute atomic E-state index is 0.353. The molecular formula is C15H21NO4. The summed E-state index contributed by atoms with van der Waals surface area (Å²) in [7, 11) is 1.45. The summed E-state index contributed by atoms with van der Waals surface area (Å²) >= 11 is 0. The van der Waals surface area contributed by atoms with Crippen LogP contribution in [0.2, 0.25) is 0 Å². The van der Waals surface area contributed by atoms with E-state index in [4.69, 9.17) is 9.84 Å². The van der Waals surface area contributed by atoms with Crippen molar-refractivity contribution < 1.29 is 19.4 Å². The maximum atomic E-state index is 12.6. The molecule has 0 fully saturated rings. The van der Waals surface area contributed by atoms with Gasteiger partial charge in [0.2, 0.25) is 0 Å². The highest BCUT2D eigenvalue weighted by molar-refractivity contribution is 6.02. The molecule has 20 heavy (non-hydrogen) atoms. The van der Waals surface area contributed by atoms with Crippen molar-refractivity contribution in [3.8, 4) is 0 Å². The summed E-state index contributed by atoms with van der Waals surface area (Å²) in [6.45, 7) is 5.03. The lowest BCUT2D eigenvalue weighted by molar-refractivity contribution is -0.142. The highest BCUT2D eigenvalue weighted by Crippen LogP contribution is 2.23. The molecule has 1 amide bonds. The van der Waals surface area contributed by atoms with Crippen LogP contribution in [0.15, 0.2) is 24.3 Å². The van der Waals surface area contributed by atoms with E-state index < -0.39 is 11.6 Å². The van der Waals surface area contributed by atoms with E-state index in [0.29, 0.717) is 12.1 Å². The second-order valence-corrected chi connectivity index (χ2v) is 4.91. The third-order valence-corrected chi connectivity index (χ3v) is 3.46. The first-order valence-electron chi connectivity index (χ1n) is 6.49. The van der Waals surface area contributed by atoms with Gasteiger partial charge in [0.15, 0.2) is 0 Å². The molecule has 0 aromatic heterocycles. The molecule has 110 valence electrons. The highest BCUT2D eigenvalue weighted by Gasteiger charge is 2.36. The Morgan fingerprint density at radius 2 is 1.85 bits per heavy atom. The molecule has 0 aliphatic rings. The SMILES string of the molecule is CCC(C)(OC)C(=O)N(CC(=O)O)c1ccc(C)cc1. The van der Waals surface area contributed by atoms with Crippen LogP contribution in [0.3, 0.4) is 0 Å². The highest BCUT2D eigenvalue weighted by atomic mass is 16.5. The Morgan fingerprint density at radius 3 is 2.25 bits per heavy atom. The molecule has 0 saturated carbocycles. The van der Waals surface area contributed by atoms with Gasteiger partial charge < -0.3 is 9.84 Å². The van der Waals surface area contributed by atoms with Crippen molar-refractivity contribution in [3.05, 3.63) is 29.8 Å². The molecule has 5 heteroatoms.